The van der Waals surface area contributed by atoms with Gasteiger partial charge in [-0.25, -0.2) is 8.78 Å². The molecule has 0 unspecified atom stereocenters. The Bertz CT molecular complexity index is 1240. The van der Waals surface area contributed by atoms with Crippen molar-refractivity contribution in [3.63, 3.8) is 0 Å². The molecule has 0 atom stereocenters. The van der Waals surface area contributed by atoms with E-state index in [9.17, 15) is 18.4 Å². The van der Waals surface area contributed by atoms with Crippen molar-refractivity contribution in [3.8, 4) is 11.5 Å². The second-order valence-electron chi connectivity index (χ2n) is 8.73. The molecule has 0 saturated carbocycles. The molecule has 0 spiro atoms. The summed E-state index contributed by atoms with van der Waals surface area (Å²) >= 11 is 1.99. The summed E-state index contributed by atoms with van der Waals surface area (Å²) in [6, 6.07) is 13.4. The number of halogens is 3. The van der Waals surface area contributed by atoms with E-state index in [0.29, 0.717) is 14.7 Å². The predicted octanol–water partition coefficient (Wildman–Crippen LogP) is 5.94. The molecule has 0 radical (unpaired) electrons. The number of rotatable bonds is 7. The third-order valence-electron chi connectivity index (χ3n) is 4.69. The van der Waals surface area contributed by atoms with Gasteiger partial charge in [-0.05, 0) is 90.4 Å². The summed E-state index contributed by atoms with van der Waals surface area (Å²) in [5, 5.41) is 0. The van der Waals surface area contributed by atoms with Crippen molar-refractivity contribution in [2.45, 2.75) is 39.2 Å². The van der Waals surface area contributed by atoms with E-state index in [1.54, 1.807) is 57.2 Å². The molecule has 0 bridgehead atoms. The number of ether oxygens (including phenoxy) is 2. The number of esters is 1. The molecule has 0 aliphatic carbocycles. The number of carbonyl (C=O) groups excluding carboxylic acids is 2. The van der Waals surface area contributed by atoms with Gasteiger partial charge in [-0.3, -0.25) is 9.59 Å². The SMILES string of the molecule is CC(C)(C)OC(=O)Cc1cccc(Oc2cc(F)cc(Cc3ccc(I)cc3F)c2C(N)=O)c1. The quantitative estimate of drug-likeness (QED) is 0.278. The Balaban J connectivity index is 1.91. The van der Waals surface area contributed by atoms with E-state index >= 15 is 0 Å². The fourth-order valence-corrected chi connectivity index (χ4v) is 3.85. The van der Waals surface area contributed by atoms with Crippen molar-refractivity contribution in [1.29, 1.82) is 0 Å². The molecule has 3 aromatic carbocycles. The largest absolute Gasteiger partial charge is 0.460 e. The summed E-state index contributed by atoms with van der Waals surface area (Å²) in [5.74, 6) is -2.19. The molecular weight excluding hydrogens is 555 g/mol. The monoisotopic (exact) mass is 579 g/mol. The van der Waals surface area contributed by atoms with Crippen LogP contribution in [0.15, 0.2) is 54.6 Å². The molecular formula is C26H24F2INO4. The molecule has 0 aliphatic rings. The van der Waals surface area contributed by atoms with Crippen LogP contribution >= 0.6 is 22.6 Å². The van der Waals surface area contributed by atoms with Gasteiger partial charge in [0.05, 0.1) is 12.0 Å². The second kappa shape index (κ2) is 10.5. The Morgan fingerprint density at radius 1 is 1.00 bits per heavy atom. The normalized spacial score (nSPS) is 11.2. The predicted molar refractivity (Wildman–Crippen MR) is 133 cm³/mol. The topological polar surface area (TPSA) is 78.6 Å². The number of hydrogen-bond donors (Lipinski definition) is 1. The van der Waals surface area contributed by atoms with Gasteiger partial charge in [0, 0.05) is 16.1 Å². The maximum atomic E-state index is 14.5. The lowest BCUT2D eigenvalue weighted by molar-refractivity contribution is -0.153. The molecule has 8 heteroatoms. The van der Waals surface area contributed by atoms with Gasteiger partial charge in [-0.2, -0.15) is 0 Å². The van der Waals surface area contributed by atoms with Crippen molar-refractivity contribution in [2.75, 3.05) is 0 Å². The lowest BCUT2D eigenvalue weighted by Gasteiger charge is -2.19. The summed E-state index contributed by atoms with van der Waals surface area (Å²) in [7, 11) is 0. The summed E-state index contributed by atoms with van der Waals surface area (Å²) in [6.07, 6.45) is -0.0362. The van der Waals surface area contributed by atoms with Gasteiger partial charge < -0.3 is 15.2 Å². The van der Waals surface area contributed by atoms with Crippen molar-refractivity contribution in [2.24, 2.45) is 5.73 Å². The molecule has 0 heterocycles. The molecule has 0 aliphatic heterocycles. The van der Waals surface area contributed by atoms with Crippen LogP contribution in [-0.2, 0) is 22.4 Å². The highest BCUT2D eigenvalue weighted by atomic mass is 127. The van der Waals surface area contributed by atoms with Gasteiger partial charge in [-0.1, -0.05) is 18.2 Å². The molecule has 0 saturated heterocycles. The Morgan fingerprint density at radius 3 is 2.38 bits per heavy atom. The van der Waals surface area contributed by atoms with Crippen LogP contribution in [0.5, 0.6) is 11.5 Å². The molecule has 0 aromatic heterocycles. The summed E-state index contributed by atoms with van der Waals surface area (Å²) in [5.41, 5.74) is 6.04. The van der Waals surface area contributed by atoms with E-state index in [4.69, 9.17) is 15.2 Å². The Hall–Kier alpha value is -3.01. The van der Waals surface area contributed by atoms with Gasteiger partial charge in [0.25, 0.3) is 5.91 Å². The van der Waals surface area contributed by atoms with Crippen LogP contribution in [0.1, 0.15) is 47.8 Å². The van der Waals surface area contributed by atoms with Gasteiger partial charge in [0.15, 0.2) is 0 Å². The van der Waals surface area contributed by atoms with Crippen molar-refractivity contribution in [1.82, 2.24) is 0 Å². The molecule has 3 rings (SSSR count). The van der Waals surface area contributed by atoms with Gasteiger partial charge in [-0.15, -0.1) is 0 Å². The van der Waals surface area contributed by atoms with Gasteiger partial charge >= 0.3 is 5.97 Å². The van der Waals surface area contributed by atoms with Crippen LogP contribution < -0.4 is 10.5 Å². The standard InChI is InChI=1S/C26H24F2INO4/c1-26(2,3)34-23(31)10-15-5-4-6-20(9-15)33-22-13-18(27)12-17(24(22)25(30)32)11-16-7-8-19(29)14-21(16)28/h4-9,12-14H,10-11H2,1-3H3,(H2,30,32). The lowest BCUT2D eigenvalue weighted by Crippen LogP contribution is -2.24. The van der Waals surface area contributed by atoms with E-state index < -0.39 is 29.1 Å². The first kappa shape index (κ1) is 25.6. The third-order valence-corrected chi connectivity index (χ3v) is 5.36. The minimum Gasteiger partial charge on any atom is -0.460 e. The molecule has 0 fully saturated rings. The first-order valence-electron chi connectivity index (χ1n) is 10.5. The summed E-state index contributed by atoms with van der Waals surface area (Å²) in [6.45, 7) is 5.33. The highest BCUT2D eigenvalue weighted by Crippen LogP contribution is 2.31. The lowest BCUT2D eigenvalue weighted by atomic mass is 9.98. The third kappa shape index (κ3) is 6.99. The second-order valence-corrected chi connectivity index (χ2v) is 9.97. The number of benzene rings is 3. The molecule has 178 valence electrons. The first-order chi connectivity index (χ1) is 15.9. The summed E-state index contributed by atoms with van der Waals surface area (Å²) < 4.78 is 40.7. The van der Waals surface area contributed by atoms with E-state index in [1.807, 2.05) is 22.6 Å². The zero-order chi connectivity index (χ0) is 25.0. The number of primary amides is 1. The van der Waals surface area contributed by atoms with Crippen molar-refractivity contribution >= 4 is 34.5 Å². The van der Waals surface area contributed by atoms with Gasteiger partial charge in [0.2, 0.25) is 0 Å². The van der Waals surface area contributed by atoms with E-state index in [2.05, 4.69) is 0 Å². The number of hydrogen-bond acceptors (Lipinski definition) is 4. The molecule has 1 amide bonds. The minimum absolute atomic E-state index is 0.0115. The van der Waals surface area contributed by atoms with E-state index in [1.165, 1.54) is 6.07 Å². The Kier molecular flexibility index (Phi) is 7.91. The summed E-state index contributed by atoms with van der Waals surface area (Å²) in [4.78, 5) is 24.4. The average Bonchev–Trinajstić information content (AvgIpc) is 2.68. The van der Waals surface area contributed by atoms with E-state index in [-0.39, 0.29) is 35.5 Å². The number of carbonyl (C=O) groups is 2. The van der Waals surface area contributed by atoms with Crippen molar-refractivity contribution < 1.29 is 27.8 Å². The van der Waals surface area contributed by atoms with Crippen LogP contribution in [0.3, 0.4) is 0 Å². The van der Waals surface area contributed by atoms with Crippen LogP contribution in [0.4, 0.5) is 8.78 Å². The highest BCUT2D eigenvalue weighted by Gasteiger charge is 2.20. The number of amides is 1. The minimum atomic E-state index is -0.833. The fraction of sp³-hybridized carbons (Fsp3) is 0.231. The zero-order valence-electron chi connectivity index (χ0n) is 19.0. The Labute approximate surface area is 210 Å². The molecule has 34 heavy (non-hydrogen) atoms. The van der Waals surface area contributed by atoms with Gasteiger partial charge in [0.1, 0.15) is 28.7 Å². The average molecular weight is 579 g/mol. The molecule has 3 aromatic rings. The van der Waals surface area contributed by atoms with Crippen molar-refractivity contribution in [3.05, 3.63) is 92.1 Å². The van der Waals surface area contributed by atoms with Crippen LogP contribution in [0.25, 0.3) is 0 Å². The fourth-order valence-electron chi connectivity index (χ4n) is 3.40. The zero-order valence-corrected chi connectivity index (χ0v) is 21.1. The maximum absolute atomic E-state index is 14.5. The smallest absolute Gasteiger partial charge is 0.310 e. The van der Waals surface area contributed by atoms with Crippen LogP contribution in [0, 0.1) is 15.2 Å². The molecule has 2 N–H and O–H groups in total. The highest BCUT2D eigenvalue weighted by molar-refractivity contribution is 14.1. The maximum Gasteiger partial charge on any atom is 0.310 e. The first-order valence-corrected chi connectivity index (χ1v) is 11.5. The molecule has 5 nitrogen and oxygen atoms in total. The van der Waals surface area contributed by atoms with E-state index in [0.717, 1.165) is 12.1 Å². The Morgan fingerprint density at radius 2 is 1.74 bits per heavy atom. The van der Waals surface area contributed by atoms with Crippen LogP contribution in [0.2, 0.25) is 0 Å². The van der Waals surface area contributed by atoms with Crippen LogP contribution in [-0.4, -0.2) is 17.5 Å². The number of nitrogens with two attached hydrogens (primary N) is 1.